The zero-order valence-corrected chi connectivity index (χ0v) is 17.4. The lowest BCUT2D eigenvalue weighted by atomic mass is 9.87. The first-order valence-electron chi connectivity index (χ1n) is 10.3. The van der Waals surface area contributed by atoms with Crippen molar-refractivity contribution in [2.45, 2.75) is 81.6 Å². The maximum Gasteiger partial charge on any atom is 0.204 e. The van der Waals surface area contributed by atoms with E-state index in [-0.39, 0.29) is 6.10 Å². The van der Waals surface area contributed by atoms with Crippen molar-refractivity contribution in [1.29, 1.82) is 5.26 Å². The van der Waals surface area contributed by atoms with E-state index in [1.54, 1.807) is 12.3 Å². The van der Waals surface area contributed by atoms with Crippen LogP contribution in [0.2, 0.25) is 0 Å². The van der Waals surface area contributed by atoms with Gasteiger partial charge in [-0.3, -0.25) is 4.90 Å². The number of piperidine rings is 1. The molecule has 3 atom stereocenters. The summed E-state index contributed by atoms with van der Waals surface area (Å²) in [6, 6.07) is 6.05. The minimum absolute atomic E-state index is 0.0884. The van der Waals surface area contributed by atoms with Crippen LogP contribution in [0, 0.1) is 11.3 Å². The van der Waals surface area contributed by atoms with E-state index in [0.717, 1.165) is 41.4 Å². The number of furan rings is 1. The average Bonchev–Trinajstić information content (AvgIpc) is 3.24. The summed E-state index contributed by atoms with van der Waals surface area (Å²) in [5.74, 6) is 1.12. The van der Waals surface area contributed by atoms with Crippen molar-refractivity contribution >= 4 is 32.7 Å². The molecule has 2 bridgehead atoms. The van der Waals surface area contributed by atoms with E-state index in [9.17, 15) is 5.11 Å². The zero-order valence-electron chi connectivity index (χ0n) is 15.8. The van der Waals surface area contributed by atoms with Crippen LogP contribution >= 0.6 is 15.9 Å². The molecule has 6 nitrogen and oxygen atoms in total. The van der Waals surface area contributed by atoms with Crippen molar-refractivity contribution < 1.29 is 9.52 Å². The van der Waals surface area contributed by atoms with E-state index >= 15 is 0 Å². The normalized spacial score (nSPS) is 33.1. The number of nitrogens with zero attached hydrogens (tertiary/aromatic N) is 3. The summed E-state index contributed by atoms with van der Waals surface area (Å²) >= 11 is 3.63. The molecule has 0 spiro atoms. The van der Waals surface area contributed by atoms with Crippen LogP contribution in [0.4, 0.5) is 5.82 Å². The van der Waals surface area contributed by atoms with Gasteiger partial charge in [0, 0.05) is 35.6 Å². The van der Waals surface area contributed by atoms with Gasteiger partial charge in [0.1, 0.15) is 11.9 Å². The van der Waals surface area contributed by atoms with Crippen LogP contribution in [-0.2, 0) is 0 Å². The quantitative estimate of drug-likeness (QED) is 0.738. The number of nitrogens with one attached hydrogen (secondary N) is 1. The number of nitriles is 1. The van der Waals surface area contributed by atoms with Gasteiger partial charge in [-0.2, -0.15) is 5.26 Å². The molecule has 2 aromatic heterocycles. The maximum absolute atomic E-state index is 10.1. The van der Waals surface area contributed by atoms with Crippen molar-refractivity contribution in [3.63, 3.8) is 0 Å². The molecular formula is C21H25BrN4O2. The number of aliphatic hydroxyl groups excluding tert-OH is 1. The second-order valence-electron chi connectivity index (χ2n) is 8.53. The highest BCUT2D eigenvalue weighted by molar-refractivity contribution is 9.10. The maximum atomic E-state index is 10.1. The van der Waals surface area contributed by atoms with E-state index in [1.165, 1.54) is 25.7 Å². The van der Waals surface area contributed by atoms with Crippen molar-refractivity contribution in [2.75, 3.05) is 5.32 Å². The number of anilines is 1. The minimum Gasteiger partial charge on any atom is -0.444 e. The predicted molar refractivity (Wildman–Crippen MR) is 110 cm³/mol. The molecule has 2 aromatic rings. The van der Waals surface area contributed by atoms with Crippen molar-refractivity contribution in [1.82, 2.24) is 9.88 Å². The van der Waals surface area contributed by atoms with Crippen LogP contribution in [0.5, 0.6) is 0 Å². The molecule has 2 saturated heterocycles. The fourth-order valence-electron chi connectivity index (χ4n) is 5.63. The third-order valence-corrected chi connectivity index (χ3v) is 7.65. The van der Waals surface area contributed by atoms with Gasteiger partial charge >= 0.3 is 0 Å². The third-order valence-electron chi connectivity index (χ3n) is 6.85. The number of aliphatic hydroxyl groups is 1. The Morgan fingerprint density at radius 1 is 1.14 bits per heavy atom. The van der Waals surface area contributed by atoms with Crippen molar-refractivity contribution in [2.24, 2.45) is 0 Å². The summed E-state index contributed by atoms with van der Waals surface area (Å²) in [5.41, 5.74) is 0.625. The number of aromatic nitrogens is 1. The molecule has 2 aliphatic heterocycles. The van der Waals surface area contributed by atoms with Crippen LogP contribution in [0.25, 0.3) is 11.0 Å². The van der Waals surface area contributed by atoms with E-state index in [2.05, 4.69) is 31.1 Å². The van der Waals surface area contributed by atoms with Gasteiger partial charge in [-0.05, 0) is 67.3 Å². The molecule has 5 rings (SSSR count). The number of rotatable bonds is 3. The van der Waals surface area contributed by atoms with Gasteiger partial charge < -0.3 is 14.8 Å². The Kier molecular flexibility index (Phi) is 4.82. The molecular weight excluding hydrogens is 420 g/mol. The Hall–Kier alpha value is -1.62. The molecule has 1 aliphatic carbocycles. The van der Waals surface area contributed by atoms with Gasteiger partial charge in [0.05, 0.1) is 16.8 Å². The fraction of sp³-hybridized carbons (Fsp3) is 0.619. The molecule has 28 heavy (non-hydrogen) atoms. The van der Waals surface area contributed by atoms with E-state index in [1.807, 2.05) is 6.07 Å². The summed E-state index contributed by atoms with van der Waals surface area (Å²) in [6.07, 6.45) is 10.7. The molecule has 0 aromatic carbocycles. The second-order valence-corrected chi connectivity index (χ2v) is 9.32. The number of hydrogen-bond acceptors (Lipinski definition) is 6. The number of halogens is 1. The summed E-state index contributed by atoms with van der Waals surface area (Å²) in [7, 11) is 0. The lowest BCUT2D eigenvalue weighted by molar-refractivity contribution is 0.0000467. The predicted octanol–water partition coefficient (Wildman–Crippen LogP) is 4.17. The standard InChI is InChI=1S/C21H25BrN4O2/c22-20-18-9-17(10-23)28-19(18)11-24-21(20)25-12-1-3-13(4-2-12)26-14-5-6-15(26)8-16(27)7-14/h9,11-16,27H,1-8H2,(H,24,25)/t12?,13?,14-,15?,16?/m0/s1. The van der Waals surface area contributed by atoms with E-state index in [4.69, 9.17) is 9.68 Å². The number of pyridine rings is 1. The van der Waals surface area contributed by atoms with Crippen LogP contribution < -0.4 is 5.32 Å². The molecule has 7 heteroatoms. The SMILES string of the molecule is N#Cc1cc2c(Br)c(NC3CCC(N4C5CC[C@H]4CC(O)C5)CC3)ncc2o1. The Morgan fingerprint density at radius 2 is 1.82 bits per heavy atom. The molecule has 3 fully saturated rings. The van der Waals surface area contributed by atoms with Gasteiger partial charge in [0.15, 0.2) is 5.58 Å². The lowest BCUT2D eigenvalue weighted by Crippen LogP contribution is -2.51. The molecule has 0 radical (unpaired) electrons. The van der Waals surface area contributed by atoms with Gasteiger partial charge in [-0.15, -0.1) is 0 Å². The highest BCUT2D eigenvalue weighted by Crippen LogP contribution is 2.41. The summed E-state index contributed by atoms with van der Waals surface area (Å²) in [4.78, 5) is 7.25. The second kappa shape index (κ2) is 7.33. The Bertz CT molecular complexity index is 901. The Morgan fingerprint density at radius 3 is 2.50 bits per heavy atom. The first-order chi connectivity index (χ1) is 13.6. The largest absolute Gasteiger partial charge is 0.444 e. The Balaban J connectivity index is 1.24. The van der Waals surface area contributed by atoms with Crippen LogP contribution in [0.1, 0.15) is 57.1 Å². The summed E-state index contributed by atoms with van der Waals surface area (Å²) < 4.78 is 6.31. The number of hydrogen-bond donors (Lipinski definition) is 2. The average molecular weight is 445 g/mol. The molecule has 148 valence electrons. The van der Waals surface area contributed by atoms with Crippen LogP contribution in [0.3, 0.4) is 0 Å². The van der Waals surface area contributed by atoms with Crippen molar-refractivity contribution in [3.05, 3.63) is 22.5 Å². The molecule has 0 amide bonds. The first kappa shape index (κ1) is 18.4. The number of fused-ring (bicyclic) bond motifs is 3. The topological polar surface area (TPSA) is 85.3 Å². The van der Waals surface area contributed by atoms with Crippen LogP contribution in [0.15, 0.2) is 21.2 Å². The van der Waals surface area contributed by atoms with E-state index in [0.29, 0.717) is 35.5 Å². The summed E-state index contributed by atoms with van der Waals surface area (Å²) in [5, 5.41) is 23.6. The fourth-order valence-corrected chi connectivity index (χ4v) is 6.15. The molecule has 2 N–H and O–H groups in total. The first-order valence-corrected chi connectivity index (χ1v) is 11.1. The van der Waals surface area contributed by atoms with Gasteiger partial charge in [0.25, 0.3) is 0 Å². The third kappa shape index (κ3) is 3.22. The highest BCUT2D eigenvalue weighted by Gasteiger charge is 2.44. The van der Waals surface area contributed by atoms with Crippen molar-refractivity contribution in [3.8, 4) is 6.07 Å². The highest BCUT2D eigenvalue weighted by atomic mass is 79.9. The summed E-state index contributed by atoms with van der Waals surface area (Å²) in [6.45, 7) is 0. The minimum atomic E-state index is -0.0884. The molecule has 1 saturated carbocycles. The molecule has 3 aliphatic rings. The van der Waals surface area contributed by atoms with E-state index < -0.39 is 0 Å². The van der Waals surface area contributed by atoms with Crippen LogP contribution in [-0.4, -0.2) is 45.3 Å². The molecule has 2 unspecified atom stereocenters. The zero-order chi connectivity index (χ0) is 19.3. The lowest BCUT2D eigenvalue weighted by Gasteiger charge is -2.45. The monoisotopic (exact) mass is 444 g/mol. The van der Waals surface area contributed by atoms with Gasteiger partial charge in [-0.25, -0.2) is 4.98 Å². The Labute approximate surface area is 173 Å². The molecule has 4 heterocycles. The smallest absolute Gasteiger partial charge is 0.204 e. The van der Waals surface area contributed by atoms with Gasteiger partial charge in [-0.1, -0.05) is 0 Å². The van der Waals surface area contributed by atoms with Gasteiger partial charge in [0.2, 0.25) is 5.76 Å².